The number of aliphatic imine (C=N–C) groups is 1. The molecule has 6 nitrogen and oxygen atoms in total. The van der Waals surface area contributed by atoms with Gasteiger partial charge in [0.25, 0.3) is 5.95 Å². The van der Waals surface area contributed by atoms with Gasteiger partial charge in [0, 0.05) is 20.3 Å². The number of aryl methyl sites for hydroxylation is 1. The maximum Gasteiger partial charge on any atom is 0.270 e. The molecule has 0 spiro atoms. The summed E-state index contributed by atoms with van der Waals surface area (Å²) in [5.74, 6) is 1.16. The third-order valence-corrected chi connectivity index (χ3v) is 2.34. The lowest BCUT2D eigenvalue weighted by molar-refractivity contribution is 0.642. The van der Waals surface area contributed by atoms with Crippen LogP contribution in [0.25, 0.3) is 5.82 Å². The van der Waals surface area contributed by atoms with Gasteiger partial charge in [-0.05, 0) is 18.1 Å². The van der Waals surface area contributed by atoms with Gasteiger partial charge in [-0.2, -0.15) is 4.98 Å². The lowest BCUT2D eigenvalue weighted by atomic mass is 10.2. The Labute approximate surface area is 106 Å². The van der Waals surface area contributed by atoms with Gasteiger partial charge in [-0.3, -0.25) is 0 Å². The van der Waals surface area contributed by atoms with E-state index in [0.29, 0.717) is 5.95 Å². The van der Waals surface area contributed by atoms with Gasteiger partial charge in [0.05, 0.1) is 6.34 Å². The molecule has 0 bridgehead atoms. The van der Waals surface area contributed by atoms with E-state index < -0.39 is 0 Å². The van der Waals surface area contributed by atoms with Crippen LogP contribution in [0.4, 0.5) is 5.95 Å². The van der Waals surface area contributed by atoms with Gasteiger partial charge in [-0.1, -0.05) is 13.0 Å². The van der Waals surface area contributed by atoms with Crippen molar-refractivity contribution >= 4 is 12.3 Å². The van der Waals surface area contributed by atoms with Crippen LogP contribution >= 0.6 is 0 Å². The number of aromatic nitrogens is 4. The first-order valence-corrected chi connectivity index (χ1v) is 5.76. The molecule has 94 valence electrons. The Bertz CT molecular complexity index is 526. The van der Waals surface area contributed by atoms with E-state index in [9.17, 15) is 0 Å². The van der Waals surface area contributed by atoms with Crippen LogP contribution in [0.5, 0.6) is 0 Å². The zero-order valence-electron chi connectivity index (χ0n) is 10.8. The minimum Gasteiger partial charge on any atom is -0.369 e. The smallest absolute Gasteiger partial charge is 0.270 e. The van der Waals surface area contributed by atoms with Crippen molar-refractivity contribution in [2.75, 3.05) is 14.1 Å². The van der Waals surface area contributed by atoms with Gasteiger partial charge in [-0.25, -0.2) is 14.7 Å². The maximum atomic E-state index is 4.33. The van der Waals surface area contributed by atoms with Crippen molar-refractivity contribution < 1.29 is 0 Å². The molecule has 2 aromatic heterocycles. The predicted molar refractivity (Wildman–Crippen MR) is 70.4 cm³/mol. The molecule has 0 N–H and O–H groups in total. The summed E-state index contributed by atoms with van der Waals surface area (Å²) in [6, 6.07) is 3.96. The molecule has 0 radical (unpaired) electrons. The molecule has 2 rings (SSSR count). The standard InChI is InChI=1S/C12H16N6/c1-4-10-5-6-11(13-7-10)18-9-15-12(16-18)14-8-17(2)3/h5-9H,4H2,1-3H3. The fourth-order valence-corrected chi connectivity index (χ4v) is 1.35. The van der Waals surface area contributed by atoms with Crippen LogP contribution in [0.3, 0.4) is 0 Å². The monoisotopic (exact) mass is 244 g/mol. The zero-order valence-corrected chi connectivity index (χ0v) is 10.8. The second-order valence-electron chi connectivity index (χ2n) is 4.08. The van der Waals surface area contributed by atoms with Crippen LogP contribution in [0.15, 0.2) is 29.6 Å². The number of rotatable bonds is 4. The Kier molecular flexibility index (Phi) is 3.66. The van der Waals surface area contributed by atoms with Gasteiger partial charge >= 0.3 is 0 Å². The maximum absolute atomic E-state index is 4.33. The van der Waals surface area contributed by atoms with Crippen LogP contribution < -0.4 is 0 Å². The summed E-state index contributed by atoms with van der Waals surface area (Å²) >= 11 is 0. The van der Waals surface area contributed by atoms with E-state index in [1.807, 2.05) is 37.3 Å². The van der Waals surface area contributed by atoms with E-state index in [4.69, 9.17) is 0 Å². The van der Waals surface area contributed by atoms with Gasteiger partial charge in [-0.15, -0.1) is 5.10 Å². The molecule has 0 unspecified atom stereocenters. The Hall–Kier alpha value is -2.24. The highest BCUT2D eigenvalue weighted by Gasteiger charge is 2.02. The van der Waals surface area contributed by atoms with E-state index in [2.05, 4.69) is 27.0 Å². The van der Waals surface area contributed by atoms with Crippen molar-refractivity contribution in [2.24, 2.45) is 4.99 Å². The molecule has 0 saturated carbocycles. The second kappa shape index (κ2) is 5.39. The first-order valence-electron chi connectivity index (χ1n) is 5.76. The summed E-state index contributed by atoms with van der Waals surface area (Å²) in [7, 11) is 3.79. The predicted octanol–water partition coefficient (Wildman–Crippen LogP) is 1.45. The molecule has 2 heterocycles. The van der Waals surface area contributed by atoms with Gasteiger partial charge < -0.3 is 4.90 Å². The number of hydrogen-bond donors (Lipinski definition) is 0. The lowest BCUT2D eigenvalue weighted by Crippen LogP contribution is -2.07. The third kappa shape index (κ3) is 2.91. The van der Waals surface area contributed by atoms with E-state index in [-0.39, 0.29) is 0 Å². The summed E-state index contributed by atoms with van der Waals surface area (Å²) in [4.78, 5) is 14.4. The SMILES string of the molecule is CCc1ccc(-n2cnc(N=CN(C)C)n2)nc1. The molecule has 0 aliphatic carbocycles. The fourth-order valence-electron chi connectivity index (χ4n) is 1.35. The highest BCUT2D eigenvalue weighted by molar-refractivity contribution is 5.57. The zero-order chi connectivity index (χ0) is 13.0. The van der Waals surface area contributed by atoms with Crippen molar-refractivity contribution in [3.8, 4) is 5.82 Å². The molecule has 2 aromatic rings. The molecule has 0 amide bonds. The highest BCUT2D eigenvalue weighted by atomic mass is 15.4. The topological polar surface area (TPSA) is 59.2 Å². The molecule has 18 heavy (non-hydrogen) atoms. The summed E-state index contributed by atoms with van der Waals surface area (Å²) in [5.41, 5.74) is 1.20. The van der Waals surface area contributed by atoms with Crippen molar-refractivity contribution in [3.63, 3.8) is 0 Å². The first-order chi connectivity index (χ1) is 8.69. The van der Waals surface area contributed by atoms with Crippen LogP contribution in [0.2, 0.25) is 0 Å². The molecule has 0 saturated heterocycles. The van der Waals surface area contributed by atoms with Gasteiger partial charge in [0.1, 0.15) is 6.33 Å². The number of nitrogens with zero attached hydrogens (tertiary/aromatic N) is 6. The Morgan fingerprint density at radius 3 is 2.78 bits per heavy atom. The molecule has 0 fully saturated rings. The molecule has 0 aromatic carbocycles. The summed E-state index contributed by atoms with van der Waals surface area (Å²) in [5, 5.41) is 4.23. The van der Waals surface area contributed by atoms with Gasteiger partial charge in [0.15, 0.2) is 5.82 Å². The minimum atomic E-state index is 0.421. The quantitative estimate of drug-likeness (QED) is 0.603. The second-order valence-corrected chi connectivity index (χ2v) is 4.08. The largest absolute Gasteiger partial charge is 0.369 e. The van der Waals surface area contributed by atoms with Crippen LogP contribution in [-0.4, -0.2) is 45.1 Å². The highest BCUT2D eigenvalue weighted by Crippen LogP contribution is 2.08. The molecule has 0 aliphatic heterocycles. The molecule has 6 heteroatoms. The average Bonchev–Trinajstić information content (AvgIpc) is 2.85. The normalized spacial score (nSPS) is 11.1. The van der Waals surface area contributed by atoms with E-state index in [0.717, 1.165) is 12.2 Å². The summed E-state index contributed by atoms with van der Waals surface area (Å²) in [6.45, 7) is 2.10. The minimum absolute atomic E-state index is 0.421. The first kappa shape index (κ1) is 12.2. The molecule has 0 atom stereocenters. The van der Waals surface area contributed by atoms with Crippen LogP contribution in [-0.2, 0) is 6.42 Å². The van der Waals surface area contributed by atoms with E-state index in [1.165, 1.54) is 5.56 Å². The lowest BCUT2D eigenvalue weighted by Gasteiger charge is -2.00. The Morgan fingerprint density at radius 1 is 1.33 bits per heavy atom. The molecular weight excluding hydrogens is 228 g/mol. The number of hydrogen-bond acceptors (Lipinski definition) is 4. The third-order valence-electron chi connectivity index (χ3n) is 2.34. The van der Waals surface area contributed by atoms with Gasteiger partial charge in [0.2, 0.25) is 0 Å². The Morgan fingerprint density at radius 2 is 2.17 bits per heavy atom. The number of pyridine rings is 1. The molecule has 0 aliphatic rings. The van der Waals surface area contributed by atoms with Crippen molar-refractivity contribution in [1.29, 1.82) is 0 Å². The summed E-state index contributed by atoms with van der Waals surface area (Å²) < 4.78 is 1.61. The van der Waals surface area contributed by atoms with Crippen LogP contribution in [0, 0.1) is 0 Å². The summed E-state index contributed by atoms with van der Waals surface area (Å²) in [6.07, 6.45) is 6.09. The van der Waals surface area contributed by atoms with Crippen molar-refractivity contribution in [2.45, 2.75) is 13.3 Å². The average molecular weight is 244 g/mol. The van der Waals surface area contributed by atoms with E-state index in [1.54, 1.807) is 17.3 Å². The Balaban J connectivity index is 2.18. The van der Waals surface area contributed by atoms with Crippen molar-refractivity contribution in [3.05, 3.63) is 30.2 Å². The van der Waals surface area contributed by atoms with Crippen molar-refractivity contribution in [1.82, 2.24) is 24.6 Å². The van der Waals surface area contributed by atoms with E-state index >= 15 is 0 Å². The van der Waals surface area contributed by atoms with Crippen LogP contribution in [0.1, 0.15) is 12.5 Å². The molecular formula is C12H16N6. The fraction of sp³-hybridized carbons (Fsp3) is 0.333.